The van der Waals surface area contributed by atoms with Gasteiger partial charge in [-0.15, -0.1) is 0 Å². The number of hydrogen-bond acceptors (Lipinski definition) is 10. The van der Waals surface area contributed by atoms with E-state index in [1.165, 1.54) is 42.0 Å². The first-order valence-electron chi connectivity index (χ1n) is 13.2. The number of benzene rings is 3. The molecule has 3 unspecified atom stereocenters. The lowest BCUT2D eigenvalue weighted by molar-refractivity contribution is -0.122. The SMILES string of the molecule is COc1cc(C2c3sc(=O)n(CC(=O)Nc4ccc(S(N)(=O)=O)cc4)c3SC3C(=O)N(c4ccc(Br)cc4)C(=O)C32)ccc1O. The summed E-state index contributed by atoms with van der Waals surface area (Å²) in [5, 5.41) is 17.5. The van der Waals surface area contributed by atoms with Crippen molar-refractivity contribution in [3.8, 4) is 11.5 Å². The van der Waals surface area contributed by atoms with E-state index in [9.17, 15) is 32.7 Å². The number of nitrogens with zero attached hydrogens (tertiary/aromatic N) is 2. The molecule has 1 aromatic heterocycles. The molecule has 2 aliphatic rings. The molecule has 12 nitrogen and oxygen atoms in total. The summed E-state index contributed by atoms with van der Waals surface area (Å²) in [4.78, 5) is 55.4. The predicted molar refractivity (Wildman–Crippen MR) is 171 cm³/mol. The number of imide groups is 1. The molecular formula is C29H23BrN4O8S3. The van der Waals surface area contributed by atoms with Crippen LogP contribution in [0, 0.1) is 5.92 Å². The lowest BCUT2D eigenvalue weighted by Crippen LogP contribution is -2.33. The highest BCUT2D eigenvalue weighted by atomic mass is 79.9. The van der Waals surface area contributed by atoms with Crippen LogP contribution in [-0.4, -0.2) is 48.2 Å². The maximum atomic E-state index is 14.0. The standard InChI is InChI=1S/C29H23BrN4O8S3/c1-42-20-12-14(2-11-19(20)35)22-23-24(27(38)34(26(23)37)17-7-3-15(30)4-8-17)43-28-25(22)44-29(39)33(28)13-21(36)32-16-5-9-18(10-6-16)45(31,40)41/h2-12,22-24,35H,13H2,1H3,(H,32,36)(H2,31,40,41). The second-order valence-electron chi connectivity index (χ2n) is 10.2. The second kappa shape index (κ2) is 11.8. The van der Waals surface area contributed by atoms with Crippen LogP contribution in [0.5, 0.6) is 11.5 Å². The Kier molecular flexibility index (Phi) is 8.11. The van der Waals surface area contributed by atoms with Crippen LogP contribution >= 0.6 is 39.0 Å². The van der Waals surface area contributed by atoms with E-state index in [1.54, 1.807) is 36.4 Å². The van der Waals surface area contributed by atoms with E-state index in [0.717, 1.165) is 32.5 Å². The Balaban J connectivity index is 1.39. The highest BCUT2D eigenvalue weighted by Crippen LogP contribution is 2.54. The van der Waals surface area contributed by atoms with Gasteiger partial charge >= 0.3 is 4.87 Å². The number of halogens is 1. The number of primary sulfonamides is 1. The fraction of sp³-hybridized carbons (Fsp3) is 0.172. The Morgan fingerprint density at radius 3 is 2.38 bits per heavy atom. The van der Waals surface area contributed by atoms with E-state index in [0.29, 0.717) is 21.2 Å². The first-order valence-corrected chi connectivity index (χ1v) is 17.2. The van der Waals surface area contributed by atoms with Gasteiger partial charge in [-0.05, 0) is 66.2 Å². The molecule has 1 fully saturated rings. The number of sulfonamides is 1. The number of nitrogens with two attached hydrogens (primary N) is 1. The third-order valence-corrected chi connectivity index (χ3v) is 11.5. The van der Waals surface area contributed by atoms with E-state index in [2.05, 4.69) is 21.2 Å². The van der Waals surface area contributed by atoms with Crippen LogP contribution in [0.3, 0.4) is 0 Å². The molecule has 45 heavy (non-hydrogen) atoms. The molecule has 3 atom stereocenters. The molecule has 0 spiro atoms. The Hall–Kier alpha value is -3.96. The van der Waals surface area contributed by atoms with Crippen molar-refractivity contribution in [2.75, 3.05) is 17.3 Å². The van der Waals surface area contributed by atoms with Crippen LogP contribution < -0.4 is 25.0 Å². The zero-order valence-corrected chi connectivity index (χ0v) is 27.2. The minimum absolute atomic E-state index is 0.118. The van der Waals surface area contributed by atoms with Gasteiger partial charge in [-0.2, -0.15) is 0 Å². The number of ether oxygens (including phenoxy) is 1. The van der Waals surface area contributed by atoms with Crippen molar-refractivity contribution in [3.05, 3.63) is 91.3 Å². The summed E-state index contributed by atoms with van der Waals surface area (Å²) < 4.78 is 30.5. The molecular weight excluding hydrogens is 708 g/mol. The van der Waals surface area contributed by atoms with Crippen LogP contribution in [0.1, 0.15) is 16.4 Å². The van der Waals surface area contributed by atoms with E-state index in [-0.39, 0.29) is 22.1 Å². The maximum absolute atomic E-state index is 14.0. The average molecular weight is 732 g/mol. The zero-order valence-electron chi connectivity index (χ0n) is 23.2. The Labute approximate surface area is 273 Å². The summed E-state index contributed by atoms with van der Waals surface area (Å²) in [6.07, 6.45) is 0. The first kappa shape index (κ1) is 31.0. The summed E-state index contributed by atoms with van der Waals surface area (Å²) in [7, 11) is -2.53. The van der Waals surface area contributed by atoms with Gasteiger partial charge in [0.1, 0.15) is 11.8 Å². The largest absolute Gasteiger partial charge is 0.504 e. The third kappa shape index (κ3) is 5.68. The van der Waals surface area contributed by atoms with Gasteiger partial charge < -0.3 is 15.2 Å². The molecule has 2 aliphatic heterocycles. The number of phenols is 1. The number of hydrogen-bond donors (Lipinski definition) is 3. The van der Waals surface area contributed by atoms with Gasteiger partial charge in [0.05, 0.1) is 28.6 Å². The molecule has 0 saturated carbocycles. The van der Waals surface area contributed by atoms with Gasteiger partial charge in [-0.25, -0.2) is 18.5 Å². The number of methoxy groups -OCH3 is 1. The first-order chi connectivity index (χ1) is 21.4. The van der Waals surface area contributed by atoms with Crippen molar-refractivity contribution in [3.63, 3.8) is 0 Å². The number of aromatic hydroxyl groups is 1. The molecule has 4 aromatic rings. The highest BCUT2D eigenvalue weighted by molar-refractivity contribution is 9.10. The van der Waals surface area contributed by atoms with E-state index in [1.807, 2.05) is 0 Å². The van der Waals surface area contributed by atoms with E-state index < -0.39 is 56.2 Å². The number of aromatic nitrogens is 1. The van der Waals surface area contributed by atoms with Crippen molar-refractivity contribution < 1.29 is 32.6 Å². The van der Waals surface area contributed by atoms with Crippen LogP contribution in [-0.2, 0) is 31.0 Å². The molecule has 16 heteroatoms. The van der Waals surface area contributed by atoms with Gasteiger partial charge in [0.25, 0.3) is 0 Å². The molecule has 3 aromatic carbocycles. The van der Waals surface area contributed by atoms with Crippen LogP contribution in [0.15, 0.2) is 85.9 Å². The Morgan fingerprint density at radius 1 is 1.04 bits per heavy atom. The molecule has 232 valence electrons. The number of nitrogens with one attached hydrogen (secondary N) is 1. The third-order valence-electron chi connectivity index (χ3n) is 7.47. The van der Waals surface area contributed by atoms with Gasteiger partial charge in [0.15, 0.2) is 11.5 Å². The minimum Gasteiger partial charge on any atom is -0.504 e. The predicted octanol–water partition coefficient (Wildman–Crippen LogP) is 3.47. The lowest BCUT2D eigenvalue weighted by atomic mass is 9.83. The van der Waals surface area contributed by atoms with E-state index >= 15 is 0 Å². The molecule has 4 N–H and O–H groups in total. The minimum atomic E-state index is -3.92. The zero-order chi connectivity index (χ0) is 32.2. The quantitative estimate of drug-likeness (QED) is 0.240. The average Bonchev–Trinajstić information content (AvgIpc) is 3.44. The Morgan fingerprint density at radius 2 is 1.73 bits per heavy atom. The van der Waals surface area contributed by atoms with Gasteiger partial charge in [-0.1, -0.05) is 45.1 Å². The summed E-state index contributed by atoms with van der Waals surface area (Å²) >= 11 is 5.31. The molecule has 3 amide bonds. The van der Waals surface area contributed by atoms with E-state index in [4.69, 9.17) is 9.88 Å². The summed E-state index contributed by atoms with van der Waals surface area (Å²) in [5.74, 6) is -3.06. The highest BCUT2D eigenvalue weighted by Gasteiger charge is 2.57. The van der Waals surface area contributed by atoms with Gasteiger partial charge in [-0.3, -0.25) is 23.7 Å². The summed E-state index contributed by atoms with van der Waals surface area (Å²) in [6.45, 7) is -0.407. The number of rotatable bonds is 7. The van der Waals surface area contributed by atoms with Crippen LogP contribution in [0.4, 0.5) is 11.4 Å². The van der Waals surface area contributed by atoms with Crippen molar-refractivity contribution in [2.45, 2.75) is 27.6 Å². The molecule has 3 heterocycles. The van der Waals surface area contributed by atoms with Crippen molar-refractivity contribution in [2.24, 2.45) is 11.1 Å². The number of amides is 3. The Bertz CT molecular complexity index is 2030. The van der Waals surface area contributed by atoms with Crippen molar-refractivity contribution in [1.82, 2.24) is 4.57 Å². The van der Waals surface area contributed by atoms with Gasteiger partial charge in [0.2, 0.25) is 27.7 Å². The lowest BCUT2D eigenvalue weighted by Gasteiger charge is -2.31. The molecule has 0 aliphatic carbocycles. The topological polar surface area (TPSA) is 178 Å². The van der Waals surface area contributed by atoms with Crippen LogP contribution in [0.2, 0.25) is 0 Å². The molecule has 1 saturated heterocycles. The number of carbonyl (C=O) groups excluding carboxylic acids is 3. The normalized spacial score (nSPS) is 19.3. The molecule has 0 bridgehead atoms. The number of phenolic OH excluding ortho intramolecular Hbond substituents is 1. The number of thiazole rings is 1. The summed E-state index contributed by atoms with van der Waals surface area (Å²) in [5.41, 5.74) is 1.24. The van der Waals surface area contributed by atoms with Crippen molar-refractivity contribution in [1.29, 1.82) is 0 Å². The summed E-state index contributed by atoms with van der Waals surface area (Å²) in [6, 6.07) is 16.6. The smallest absolute Gasteiger partial charge is 0.308 e. The fourth-order valence-corrected chi connectivity index (χ4v) is 8.97. The second-order valence-corrected chi connectivity index (χ2v) is 14.8. The molecule has 0 radical (unpaired) electrons. The number of anilines is 2. The molecule has 6 rings (SSSR count). The van der Waals surface area contributed by atoms with Crippen molar-refractivity contribution >= 4 is 78.1 Å². The fourth-order valence-electron chi connectivity index (χ4n) is 5.42. The number of thioether (sulfide) groups is 1. The van der Waals surface area contributed by atoms with Crippen LogP contribution in [0.25, 0.3) is 0 Å². The van der Waals surface area contributed by atoms with Gasteiger partial charge in [0, 0.05) is 21.0 Å². The number of fused-ring (bicyclic) bond motifs is 2. The maximum Gasteiger partial charge on any atom is 0.308 e. The monoisotopic (exact) mass is 730 g/mol. The number of carbonyl (C=O) groups is 3.